The molecule has 0 saturated carbocycles. The van der Waals surface area contributed by atoms with Crippen molar-refractivity contribution < 1.29 is 13.9 Å². The molecule has 2 aromatic rings. The van der Waals surface area contributed by atoms with E-state index in [9.17, 15) is 4.39 Å². The molecule has 6 heteroatoms. The maximum absolute atomic E-state index is 13.2. The first-order valence-electron chi connectivity index (χ1n) is 9.61. The predicted molar refractivity (Wildman–Crippen MR) is 111 cm³/mol. The summed E-state index contributed by atoms with van der Waals surface area (Å²) in [6, 6.07) is 12.8. The van der Waals surface area contributed by atoms with Crippen LogP contribution >= 0.6 is 0 Å². The quantitative estimate of drug-likeness (QED) is 0.372. The molecule has 0 aliphatic carbocycles. The Balaban J connectivity index is 1.85. The van der Waals surface area contributed by atoms with Crippen LogP contribution < -0.4 is 15.4 Å². The van der Waals surface area contributed by atoms with E-state index in [0.717, 1.165) is 28.9 Å². The fourth-order valence-corrected chi connectivity index (χ4v) is 2.71. The maximum atomic E-state index is 13.2. The summed E-state index contributed by atoms with van der Waals surface area (Å²) in [6.07, 6.45) is 0.717. The van der Waals surface area contributed by atoms with E-state index >= 15 is 0 Å². The third-order valence-corrected chi connectivity index (χ3v) is 4.18. The molecule has 0 atom stereocenters. The third-order valence-electron chi connectivity index (χ3n) is 4.18. The topological polar surface area (TPSA) is 54.9 Å². The predicted octanol–water partition coefficient (Wildman–Crippen LogP) is 3.46. The van der Waals surface area contributed by atoms with Crippen molar-refractivity contribution in [3.63, 3.8) is 0 Å². The Labute approximate surface area is 167 Å². The van der Waals surface area contributed by atoms with Crippen LogP contribution in [-0.2, 0) is 17.7 Å². The van der Waals surface area contributed by atoms with Gasteiger partial charge in [-0.2, -0.15) is 0 Å². The van der Waals surface area contributed by atoms with Gasteiger partial charge < -0.3 is 20.1 Å². The lowest BCUT2D eigenvalue weighted by Crippen LogP contribution is -2.38. The molecule has 0 bridgehead atoms. The van der Waals surface area contributed by atoms with Crippen LogP contribution in [0.1, 0.15) is 23.6 Å². The molecule has 152 valence electrons. The van der Waals surface area contributed by atoms with Gasteiger partial charge in [-0.25, -0.2) is 4.39 Å². The fourth-order valence-electron chi connectivity index (χ4n) is 2.71. The van der Waals surface area contributed by atoms with Crippen molar-refractivity contribution in [2.45, 2.75) is 26.8 Å². The van der Waals surface area contributed by atoms with Gasteiger partial charge in [0.1, 0.15) is 18.2 Å². The minimum Gasteiger partial charge on any atom is -0.491 e. The lowest BCUT2D eigenvalue weighted by molar-refractivity contribution is 0.110. The third kappa shape index (κ3) is 7.56. The summed E-state index contributed by atoms with van der Waals surface area (Å²) in [5, 5.41) is 6.55. The minimum absolute atomic E-state index is 0.212. The molecule has 0 radical (unpaired) electrons. The molecule has 0 aliphatic heterocycles. The highest BCUT2D eigenvalue weighted by molar-refractivity contribution is 5.79. The second-order valence-corrected chi connectivity index (χ2v) is 6.39. The average Bonchev–Trinajstić information content (AvgIpc) is 2.69. The molecule has 2 aromatic carbocycles. The standard InChI is InChI=1S/C22H30FN3O2/c1-4-27-12-13-28-21-14-17(2)8-9-19(21)16-26-22(24-3)25-11-10-18-6-5-7-20(23)15-18/h5-9,14-15H,4,10-13,16H2,1-3H3,(H2,24,25,26). The Kier molecular flexibility index (Phi) is 9.28. The zero-order valence-corrected chi connectivity index (χ0v) is 16.9. The Morgan fingerprint density at radius 1 is 1.11 bits per heavy atom. The number of halogens is 1. The van der Waals surface area contributed by atoms with Crippen molar-refractivity contribution in [3.05, 3.63) is 65.0 Å². The summed E-state index contributed by atoms with van der Waals surface area (Å²) in [4.78, 5) is 4.25. The van der Waals surface area contributed by atoms with E-state index in [1.54, 1.807) is 19.2 Å². The normalized spacial score (nSPS) is 11.4. The summed E-state index contributed by atoms with van der Waals surface area (Å²) >= 11 is 0. The molecule has 28 heavy (non-hydrogen) atoms. The molecule has 0 amide bonds. The fraction of sp³-hybridized carbons (Fsp3) is 0.409. The molecule has 0 aromatic heterocycles. The number of aliphatic imine (C=N–C) groups is 1. The SMILES string of the molecule is CCOCCOc1cc(C)ccc1CNC(=NC)NCCc1cccc(F)c1. The lowest BCUT2D eigenvalue weighted by Gasteiger charge is -2.15. The van der Waals surface area contributed by atoms with E-state index in [2.05, 4.69) is 27.8 Å². The number of benzene rings is 2. The van der Waals surface area contributed by atoms with E-state index in [1.807, 2.05) is 26.0 Å². The van der Waals surface area contributed by atoms with Crippen molar-refractivity contribution in [3.8, 4) is 5.75 Å². The van der Waals surface area contributed by atoms with Crippen LogP contribution in [0.4, 0.5) is 4.39 Å². The van der Waals surface area contributed by atoms with Crippen molar-refractivity contribution >= 4 is 5.96 Å². The average molecular weight is 387 g/mol. The van der Waals surface area contributed by atoms with Gasteiger partial charge in [-0.05, 0) is 49.6 Å². The van der Waals surface area contributed by atoms with E-state index in [1.165, 1.54) is 6.07 Å². The second kappa shape index (κ2) is 12.0. The van der Waals surface area contributed by atoms with E-state index in [0.29, 0.717) is 38.9 Å². The highest BCUT2D eigenvalue weighted by atomic mass is 19.1. The molecule has 2 rings (SSSR count). The molecular formula is C22H30FN3O2. The van der Waals surface area contributed by atoms with Crippen LogP contribution in [0.2, 0.25) is 0 Å². The van der Waals surface area contributed by atoms with Gasteiger partial charge in [0.25, 0.3) is 0 Å². The van der Waals surface area contributed by atoms with Crippen LogP contribution in [0.15, 0.2) is 47.5 Å². The maximum Gasteiger partial charge on any atom is 0.191 e. The summed E-state index contributed by atoms with van der Waals surface area (Å²) in [5.41, 5.74) is 3.15. The van der Waals surface area contributed by atoms with Crippen LogP contribution in [0.3, 0.4) is 0 Å². The number of hydrogen-bond acceptors (Lipinski definition) is 3. The van der Waals surface area contributed by atoms with Gasteiger partial charge in [-0.15, -0.1) is 0 Å². The number of rotatable bonds is 10. The second-order valence-electron chi connectivity index (χ2n) is 6.39. The van der Waals surface area contributed by atoms with Gasteiger partial charge in [0.15, 0.2) is 5.96 Å². The molecule has 0 heterocycles. The highest BCUT2D eigenvalue weighted by Gasteiger charge is 2.06. The van der Waals surface area contributed by atoms with E-state index in [-0.39, 0.29) is 5.82 Å². The Morgan fingerprint density at radius 2 is 1.96 bits per heavy atom. The number of ether oxygens (including phenoxy) is 2. The summed E-state index contributed by atoms with van der Waals surface area (Å²) in [7, 11) is 1.73. The number of nitrogens with one attached hydrogen (secondary N) is 2. The number of guanidine groups is 1. The zero-order chi connectivity index (χ0) is 20.2. The van der Waals surface area contributed by atoms with Gasteiger partial charge in [0, 0.05) is 32.3 Å². The van der Waals surface area contributed by atoms with Crippen molar-refractivity contribution in [1.29, 1.82) is 0 Å². The highest BCUT2D eigenvalue weighted by Crippen LogP contribution is 2.20. The summed E-state index contributed by atoms with van der Waals surface area (Å²) < 4.78 is 24.5. The van der Waals surface area contributed by atoms with Gasteiger partial charge in [-0.1, -0.05) is 24.3 Å². The monoisotopic (exact) mass is 387 g/mol. The molecule has 0 spiro atoms. The molecular weight excluding hydrogens is 357 g/mol. The molecule has 0 saturated heterocycles. The van der Waals surface area contributed by atoms with Gasteiger partial charge in [0.05, 0.1) is 6.61 Å². The van der Waals surface area contributed by atoms with Crippen LogP contribution in [0, 0.1) is 12.7 Å². The number of aryl methyl sites for hydroxylation is 1. The molecule has 0 aliphatic rings. The summed E-state index contributed by atoms with van der Waals surface area (Å²) in [5.74, 6) is 1.33. The largest absolute Gasteiger partial charge is 0.491 e. The molecule has 0 fully saturated rings. The van der Waals surface area contributed by atoms with Crippen molar-refractivity contribution in [1.82, 2.24) is 10.6 Å². The smallest absolute Gasteiger partial charge is 0.191 e. The van der Waals surface area contributed by atoms with E-state index < -0.39 is 0 Å². The van der Waals surface area contributed by atoms with Crippen molar-refractivity contribution in [2.75, 3.05) is 33.4 Å². The zero-order valence-electron chi connectivity index (χ0n) is 16.9. The van der Waals surface area contributed by atoms with Crippen LogP contribution in [-0.4, -0.2) is 39.4 Å². The first kappa shape index (κ1) is 21.7. The Bertz CT molecular complexity index is 765. The number of nitrogens with zero attached hydrogens (tertiary/aromatic N) is 1. The van der Waals surface area contributed by atoms with Gasteiger partial charge >= 0.3 is 0 Å². The molecule has 0 unspecified atom stereocenters. The Hall–Kier alpha value is -2.60. The van der Waals surface area contributed by atoms with Gasteiger partial charge in [0.2, 0.25) is 0 Å². The van der Waals surface area contributed by atoms with Crippen LogP contribution in [0.25, 0.3) is 0 Å². The number of hydrogen-bond donors (Lipinski definition) is 2. The van der Waals surface area contributed by atoms with Gasteiger partial charge in [-0.3, -0.25) is 4.99 Å². The lowest BCUT2D eigenvalue weighted by atomic mass is 10.1. The first-order chi connectivity index (χ1) is 13.6. The molecule has 5 nitrogen and oxygen atoms in total. The van der Waals surface area contributed by atoms with E-state index in [4.69, 9.17) is 9.47 Å². The Morgan fingerprint density at radius 3 is 2.71 bits per heavy atom. The van der Waals surface area contributed by atoms with Crippen molar-refractivity contribution in [2.24, 2.45) is 4.99 Å². The summed E-state index contributed by atoms with van der Waals surface area (Å²) in [6.45, 7) is 7.03. The first-order valence-corrected chi connectivity index (χ1v) is 9.61. The minimum atomic E-state index is -0.212. The molecule has 2 N–H and O–H groups in total. The van der Waals surface area contributed by atoms with Crippen LogP contribution in [0.5, 0.6) is 5.75 Å².